The molecule has 0 spiro atoms. The van der Waals surface area contributed by atoms with Crippen molar-refractivity contribution >= 4 is 22.2 Å². The number of hydrogen-bond donors (Lipinski definition) is 1. The third-order valence-corrected chi connectivity index (χ3v) is 2.23. The molecular formula is C6H6N2O4S. The van der Waals surface area contributed by atoms with Crippen LogP contribution >= 0.6 is 11.3 Å². The van der Waals surface area contributed by atoms with Crippen molar-refractivity contribution in [1.82, 2.24) is 5.48 Å². The second-order valence-corrected chi connectivity index (χ2v) is 3.09. The Hall–Kier alpha value is -1.47. The van der Waals surface area contributed by atoms with Gasteiger partial charge in [0.05, 0.1) is 12.0 Å². The molecule has 6 nitrogen and oxygen atoms in total. The van der Waals surface area contributed by atoms with Gasteiger partial charge in [-0.15, -0.1) is 0 Å². The normalized spacial score (nSPS) is 9.62. The Balaban J connectivity index is 2.79. The average molecular weight is 202 g/mol. The number of nitrogens with zero attached hydrogens (tertiary/aromatic N) is 1. The Morgan fingerprint density at radius 1 is 1.69 bits per heavy atom. The molecule has 0 unspecified atom stereocenters. The molecule has 1 aromatic heterocycles. The van der Waals surface area contributed by atoms with E-state index in [2.05, 4.69) is 10.3 Å². The van der Waals surface area contributed by atoms with Gasteiger partial charge in [-0.05, 0) is 6.07 Å². The van der Waals surface area contributed by atoms with Crippen molar-refractivity contribution in [1.29, 1.82) is 0 Å². The molecule has 13 heavy (non-hydrogen) atoms. The van der Waals surface area contributed by atoms with Gasteiger partial charge in [0.2, 0.25) is 0 Å². The summed E-state index contributed by atoms with van der Waals surface area (Å²) in [5, 5.41) is 10.2. The third-order valence-electron chi connectivity index (χ3n) is 1.19. The zero-order valence-electron chi connectivity index (χ0n) is 6.64. The van der Waals surface area contributed by atoms with Gasteiger partial charge in [-0.1, -0.05) is 11.3 Å². The van der Waals surface area contributed by atoms with Gasteiger partial charge in [0.1, 0.15) is 4.88 Å². The largest absolute Gasteiger partial charge is 0.324 e. The zero-order valence-corrected chi connectivity index (χ0v) is 7.46. The van der Waals surface area contributed by atoms with Gasteiger partial charge in [0.15, 0.2) is 0 Å². The van der Waals surface area contributed by atoms with Crippen LogP contribution in [0.25, 0.3) is 0 Å². The first-order valence-corrected chi connectivity index (χ1v) is 4.04. The van der Waals surface area contributed by atoms with E-state index in [0.717, 1.165) is 11.3 Å². The molecule has 0 aliphatic rings. The lowest BCUT2D eigenvalue weighted by Crippen LogP contribution is -2.20. The predicted molar refractivity (Wildman–Crippen MR) is 45.4 cm³/mol. The predicted octanol–water partition coefficient (Wildman–Crippen LogP) is 0.948. The van der Waals surface area contributed by atoms with Crippen molar-refractivity contribution in [2.45, 2.75) is 0 Å². The van der Waals surface area contributed by atoms with E-state index in [-0.39, 0.29) is 9.88 Å². The highest BCUT2D eigenvalue weighted by Gasteiger charge is 2.14. The lowest BCUT2D eigenvalue weighted by atomic mass is 10.4. The van der Waals surface area contributed by atoms with Gasteiger partial charge in [0, 0.05) is 6.07 Å². The standard InChI is InChI=1S/C6H6N2O4S/c1-12-7-6(9)4-2-3-5(13-4)8(10)11/h2-3H,1H3,(H,7,9). The van der Waals surface area contributed by atoms with Gasteiger partial charge in [-0.25, -0.2) is 5.48 Å². The SMILES string of the molecule is CONC(=O)c1ccc([N+](=O)[O-])s1. The van der Waals surface area contributed by atoms with Gasteiger partial charge in [0.25, 0.3) is 5.91 Å². The zero-order chi connectivity index (χ0) is 9.84. The van der Waals surface area contributed by atoms with E-state index in [1.807, 2.05) is 0 Å². The van der Waals surface area contributed by atoms with E-state index in [1.54, 1.807) is 0 Å². The van der Waals surface area contributed by atoms with Gasteiger partial charge in [-0.2, -0.15) is 0 Å². The van der Waals surface area contributed by atoms with E-state index in [4.69, 9.17) is 0 Å². The quantitative estimate of drug-likeness (QED) is 0.584. The Bertz CT molecular complexity index is 335. The van der Waals surface area contributed by atoms with E-state index < -0.39 is 10.8 Å². The van der Waals surface area contributed by atoms with Crippen molar-refractivity contribution in [3.05, 3.63) is 27.1 Å². The third kappa shape index (κ3) is 2.23. The van der Waals surface area contributed by atoms with Gasteiger partial charge >= 0.3 is 5.00 Å². The summed E-state index contributed by atoms with van der Waals surface area (Å²) in [6.07, 6.45) is 0. The first-order chi connectivity index (χ1) is 6.15. The molecule has 0 fully saturated rings. The van der Waals surface area contributed by atoms with Crippen LogP contribution in [0.2, 0.25) is 0 Å². The summed E-state index contributed by atoms with van der Waals surface area (Å²) in [5.74, 6) is -0.486. The molecule has 0 radical (unpaired) electrons. The minimum Gasteiger partial charge on any atom is -0.277 e. The highest BCUT2D eigenvalue weighted by molar-refractivity contribution is 7.17. The number of hydroxylamine groups is 1. The van der Waals surface area contributed by atoms with Crippen LogP contribution in [0.15, 0.2) is 12.1 Å². The molecule has 0 aromatic carbocycles. The maximum atomic E-state index is 11.0. The number of amides is 1. The number of nitro groups is 1. The summed E-state index contributed by atoms with van der Waals surface area (Å²) in [7, 11) is 1.29. The van der Waals surface area contributed by atoms with Gasteiger partial charge < -0.3 is 0 Å². The maximum absolute atomic E-state index is 11.0. The summed E-state index contributed by atoms with van der Waals surface area (Å²) >= 11 is 0.798. The number of rotatable bonds is 3. The van der Waals surface area contributed by atoms with E-state index >= 15 is 0 Å². The molecule has 1 N–H and O–H groups in total. The van der Waals surface area contributed by atoms with Crippen LogP contribution in [0.3, 0.4) is 0 Å². The van der Waals surface area contributed by atoms with Crippen molar-refractivity contribution < 1.29 is 14.6 Å². The van der Waals surface area contributed by atoms with Crippen molar-refractivity contribution in [2.75, 3.05) is 7.11 Å². The molecular weight excluding hydrogens is 196 g/mol. The molecule has 1 amide bonds. The summed E-state index contributed by atoms with van der Waals surface area (Å²) in [5.41, 5.74) is 2.06. The molecule has 0 bridgehead atoms. The fourth-order valence-corrected chi connectivity index (χ4v) is 1.40. The summed E-state index contributed by atoms with van der Waals surface area (Å²) in [4.78, 5) is 25.3. The molecule has 70 valence electrons. The molecule has 0 aliphatic carbocycles. The van der Waals surface area contributed by atoms with Gasteiger partial charge in [-0.3, -0.25) is 19.7 Å². The minimum atomic E-state index is -0.547. The Morgan fingerprint density at radius 3 is 2.85 bits per heavy atom. The van der Waals surface area contributed by atoms with E-state index in [1.165, 1.54) is 19.2 Å². The summed E-state index contributed by atoms with van der Waals surface area (Å²) < 4.78 is 0. The lowest BCUT2D eigenvalue weighted by molar-refractivity contribution is -0.380. The van der Waals surface area contributed by atoms with Crippen LogP contribution in [0.5, 0.6) is 0 Å². The number of carbonyl (C=O) groups is 1. The molecule has 0 saturated heterocycles. The molecule has 0 saturated carbocycles. The minimum absolute atomic E-state index is 0.0683. The molecule has 0 aliphatic heterocycles. The monoisotopic (exact) mass is 202 g/mol. The first kappa shape index (κ1) is 9.62. The number of nitrogens with one attached hydrogen (secondary N) is 1. The summed E-state index contributed by atoms with van der Waals surface area (Å²) in [6, 6.07) is 2.65. The fourth-order valence-electron chi connectivity index (χ4n) is 0.691. The van der Waals surface area contributed by atoms with Crippen LogP contribution in [0, 0.1) is 10.1 Å². The van der Waals surface area contributed by atoms with Crippen LogP contribution in [0.1, 0.15) is 9.67 Å². The maximum Gasteiger partial charge on any atom is 0.324 e. The van der Waals surface area contributed by atoms with Crippen molar-refractivity contribution in [2.24, 2.45) is 0 Å². The fraction of sp³-hybridized carbons (Fsp3) is 0.167. The smallest absolute Gasteiger partial charge is 0.277 e. The lowest BCUT2D eigenvalue weighted by Gasteiger charge is -1.95. The molecule has 0 atom stereocenters. The summed E-state index contributed by atoms with van der Waals surface area (Å²) in [6.45, 7) is 0. The van der Waals surface area contributed by atoms with Crippen LogP contribution in [-0.4, -0.2) is 17.9 Å². The topological polar surface area (TPSA) is 81.5 Å². The molecule has 1 heterocycles. The first-order valence-electron chi connectivity index (χ1n) is 3.22. The molecule has 1 aromatic rings. The number of carbonyl (C=O) groups excluding carboxylic acids is 1. The number of hydrogen-bond acceptors (Lipinski definition) is 5. The van der Waals surface area contributed by atoms with Crippen molar-refractivity contribution in [3.63, 3.8) is 0 Å². The number of thiophene rings is 1. The van der Waals surface area contributed by atoms with Crippen molar-refractivity contribution in [3.8, 4) is 0 Å². The molecule has 7 heteroatoms. The van der Waals surface area contributed by atoms with Crippen LogP contribution in [-0.2, 0) is 4.84 Å². The highest BCUT2D eigenvalue weighted by Crippen LogP contribution is 2.23. The Labute approximate surface area is 77.2 Å². The highest BCUT2D eigenvalue weighted by atomic mass is 32.1. The van der Waals surface area contributed by atoms with Crippen LogP contribution in [0.4, 0.5) is 5.00 Å². The van der Waals surface area contributed by atoms with Crippen LogP contribution < -0.4 is 5.48 Å². The second-order valence-electron chi connectivity index (χ2n) is 2.03. The molecule has 1 rings (SSSR count). The van der Waals surface area contributed by atoms with E-state index in [0.29, 0.717) is 0 Å². The Kier molecular flexibility index (Phi) is 2.93. The second kappa shape index (κ2) is 3.97. The Morgan fingerprint density at radius 2 is 2.38 bits per heavy atom. The average Bonchev–Trinajstić information content (AvgIpc) is 2.52. The van der Waals surface area contributed by atoms with E-state index in [9.17, 15) is 14.9 Å².